The summed E-state index contributed by atoms with van der Waals surface area (Å²) in [5, 5.41) is 1.59. The van der Waals surface area contributed by atoms with Crippen LogP contribution in [-0.2, 0) is 20.7 Å². The monoisotopic (exact) mass is 433 g/mol. The van der Waals surface area contributed by atoms with Crippen molar-refractivity contribution >= 4 is 34.7 Å². The number of rotatable bonds is 8. The normalized spacial score (nSPS) is 15.8. The zero-order valence-electron chi connectivity index (χ0n) is 17.1. The first-order chi connectivity index (χ1) is 13.9. The fraction of sp³-hybridized carbons (Fsp3) is 0.522. The smallest absolute Gasteiger partial charge is 0.312 e. The summed E-state index contributed by atoms with van der Waals surface area (Å²) in [7, 11) is 0. The molecule has 0 atom stereocenters. The molecule has 1 aromatic carbocycles. The topological polar surface area (TPSA) is 56.3 Å². The van der Waals surface area contributed by atoms with Crippen LogP contribution < -0.4 is 0 Å². The highest BCUT2D eigenvalue weighted by molar-refractivity contribution is 7.15. The Morgan fingerprint density at radius 1 is 1.17 bits per heavy atom. The van der Waals surface area contributed by atoms with Gasteiger partial charge in [-0.05, 0) is 45.2 Å². The maximum Gasteiger partial charge on any atom is 0.312 e. The van der Waals surface area contributed by atoms with Crippen LogP contribution in [0.25, 0.3) is 10.6 Å². The van der Waals surface area contributed by atoms with Crippen LogP contribution in [0.4, 0.5) is 0 Å². The predicted molar refractivity (Wildman–Crippen MR) is 117 cm³/mol. The summed E-state index contributed by atoms with van der Waals surface area (Å²) in [6.45, 7) is 4.23. The molecule has 0 bridgehead atoms. The highest BCUT2D eigenvalue weighted by Gasteiger charge is 2.40. The van der Waals surface area contributed by atoms with Gasteiger partial charge in [-0.1, -0.05) is 43.0 Å². The van der Waals surface area contributed by atoms with Crippen LogP contribution in [0.1, 0.15) is 62.4 Å². The lowest BCUT2D eigenvalue weighted by Gasteiger charge is -2.34. The van der Waals surface area contributed by atoms with E-state index in [2.05, 4.69) is 4.98 Å². The quantitative estimate of drug-likeness (QED) is 0.466. The largest absolute Gasteiger partial charge is 0.466 e. The van der Waals surface area contributed by atoms with Crippen LogP contribution in [0, 0.1) is 12.3 Å². The van der Waals surface area contributed by atoms with Crippen LogP contribution in [0.5, 0.6) is 0 Å². The number of nitrogens with zero attached hydrogens (tertiary/aromatic N) is 1. The fourth-order valence-electron chi connectivity index (χ4n) is 4.03. The number of hydrogen-bond acceptors (Lipinski definition) is 5. The van der Waals surface area contributed by atoms with E-state index in [1.165, 1.54) is 0 Å². The van der Waals surface area contributed by atoms with Crippen molar-refractivity contribution in [1.29, 1.82) is 0 Å². The third kappa shape index (κ3) is 5.46. The van der Waals surface area contributed by atoms with Crippen LogP contribution >= 0.6 is 22.9 Å². The lowest BCUT2D eigenvalue weighted by Crippen LogP contribution is -2.35. The van der Waals surface area contributed by atoms with E-state index in [1.54, 1.807) is 11.3 Å². The van der Waals surface area contributed by atoms with E-state index in [1.807, 2.05) is 38.1 Å². The number of ether oxygens (including phenoxy) is 1. The Kier molecular flexibility index (Phi) is 7.47. The fourth-order valence-corrected chi connectivity index (χ4v) is 5.09. The van der Waals surface area contributed by atoms with Crippen molar-refractivity contribution in [2.75, 3.05) is 6.61 Å². The summed E-state index contributed by atoms with van der Waals surface area (Å²) >= 11 is 7.55. The average molecular weight is 434 g/mol. The van der Waals surface area contributed by atoms with Gasteiger partial charge in [0.15, 0.2) is 0 Å². The molecule has 4 nitrogen and oxygen atoms in total. The minimum atomic E-state index is -0.477. The van der Waals surface area contributed by atoms with E-state index in [0.717, 1.165) is 53.2 Å². The number of carbonyl (C=O) groups excluding carboxylic acids is 2. The van der Waals surface area contributed by atoms with Crippen molar-refractivity contribution in [3.63, 3.8) is 0 Å². The Morgan fingerprint density at radius 2 is 1.86 bits per heavy atom. The molecule has 0 aliphatic heterocycles. The Bertz CT molecular complexity index is 854. The van der Waals surface area contributed by atoms with Gasteiger partial charge in [0.05, 0.1) is 17.7 Å². The Balaban J connectivity index is 1.64. The Morgan fingerprint density at radius 3 is 2.52 bits per heavy atom. The molecule has 0 radical (unpaired) electrons. The number of carbonyl (C=O) groups is 2. The zero-order valence-corrected chi connectivity index (χ0v) is 18.7. The minimum absolute atomic E-state index is 0.123. The summed E-state index contributed by atoms with van der Waals surface area (Å²) in [4.78, 5) is 31.0. The maximum atomic E-state index is 12.7. The second-order valence-electron chi connectivity index (χ2n) is 7.81. The summed E-state index contributed by atoms with van der Waals surface area (Å²) in [5.74, 6) is 0.0117. The molecule has 1 fully saturated rings. The molecule has 0 N–H and O–H groups in total. The average Bonchev–Trinajstić information content (AvgIpc) is 3.08. The van der Waals surface area contributed by atoms with Crippen molar-refractivity contribution in [2.24, 2.45) is 5.41 Å². The van der Waals surface area contributed by atoms with Gasteiger partial charge >= 0.3 is 5.97 Å². The molecule has 29 heavy (non-hydrogen) atoms. The molecule has 2 aromatic rings. The first kappa shape index (κ1) is 22.0. The van der Waals surface area contributed by atoms with Crippen molar-refractivity contribution < 1.29 is 14.3 Å². The second-order valence-corrected chi connectivity index (χ2v) is 9.45. The van der Waals surface area contributed by atoms with Crippen molar-refractivity contribution in [2.45, 2.75) is 65.2 Å². The highest BCUT2D eigenvalue weighted by atomic mass is 35.5. The van der Waals surface area contributed by atoms with Gasteiger partial charge in [-0.25, -0.2) is 4.98 Å². The molecule has 1 saturated carbocycles. The minimum Gasteiger partial charge on any atom is -0.466 e. The molecule has 1 heterocycles. The van der Waals surface area contributed by atoms with Gasteiger partial charge in [-0.2, -0.15) is 0 Å². The van der Waals surface area contributed by atoms with Gasteiger partial charge in [0.1, 0.15) is 10.8 Å². The first-order valence-corrected chi connectivity index (χ1v) is 11.5. The molecule has 6 heteroatoms. The van der Waals surface area contributed by atoms with Gasteiger partial charge < -0.3 is 4.74 Å². The van der Waals surface area contributed by atoms with Gasteiger partial charge in [0, 0.05) is 28.3 Å². The molecule has 1 aromatic heterocycles. The number of aryl methyl sites for hydroxylation is 1. The molecule has 0 amide bonds. The molecule has 1 aliphatic rings. The maximum absolute atomic E-state index is 12.7. The lowest BCUT2D eigenvalue weighted by atomic mass is 9.70. The van der Waals surface area contributed by atoms with Crippen LogP contribution in [-0.4, -0.2) is 23.3 Å². The molecular formula is C23H28ClNO3S. The Hall–Kier alpha value is -1.72. The number of ketones is 1. The van der Waals surface area contributed by atoms with Crippen molar-refractivity contribution in [3.8, 4) is 10.6 Å². The standard InChI is InChI=1S/C23H28ClNO3S/c1-3-28-22(27)23(12-5-4-6-13-23)14-11-19(26)15-20-16(2)29-21(25-20)17-7-9-18(24)10-8-17/h7-10H,3-6,11-15H2,1-2H3. The highest BCUT2D eigenvalue weighted by Crippen LogP contribution is 2.41. The molecule has 3 rings (SSSR count). The number of esters is 1. The SMILES string of the molecule is CCOC(=O)C1(CCC(=O)Cc2nc(-c3ccc(Cl)cc3)sc2C)CCCCC1. The van der Waals surface area contributed by atoms with Crippen molar-refractivity contribution in [3.05, 3.63) is 39.9 Å². The van der Waals surface area contributed by atoms with E-state index in [-0.39, 0.29) is 11.8 Å². The van der Waals surface area contributed by atoms with Gasteiger partial charge in [0.2, 0.25) is 0 Å². The second kappa shape index (κ2) is 9.86. The van der Waals surface area contributed by atoms with Gasteiger partial charge in [0.25, 0.3) is 0 Å². The van der Waals surface area contributed by atoms with Crippen LogP contribution in [0.3, 0.4) is 0 Å². The van der Waals surface area contributed by atoms with E-state index < -0.39 is 5.41 Å². The predicted octanol–water partition coefficient (Wildman–Crippen LogP) is 6.18. The third-order valence-corrected chi connectivity index (χ3v) is 7.06. The molecule has 0 saturated heterocycles. The number of benzene rings is 1. The van der Waals surface area contributed by atoms with Gasteiger partial charge in [-0.15, -0.1) is 11.3 Å². The van der Waals surface area contributed by atoms with Crippen LogP contribution in [0.15, 0.2) is 24.3 Å². The molecule has 156 valence electrons. The van der Waals surface area contributed by atoms with E-state index >= 15 is 0 Å². The molecular weight excluding hydrogens is 406 g/mol. The number of aromatic nitrogens is 1. The third-order valence-electron chi connectivity index (χ3n) is 5.75. The molecule has 0 unspecified atom stereocenters. The van der Waals surface area contributed by atoms with E-state index in [0.29, 0.717) is 30.9 Å². The summed E-state index contributed by atoms with van der Waals surface area (Å²) < 4.78 is 5.34. The molecule has 0 spiro atoms. The number of hydrogen-bond donors (Lipinski definition) is 0. The van der Waals surface area contributed by atoms with Crippen LogP contribution in [0.2, 0.25) is 5.02 Å². The number of halogens is 1. The zero-order chi connectivity index (χ0) is 20.9. The van der Waals surface area contributed by atoms with Crippen molar-refractivity contribution in [1.82, 2.24) is 4.98 Å². The number of thiazole rings is 1. The summed E-state index contributed by atoms with van der Waals surface area (Å²) in [6.07, 6.45) is 6.16. The Labute approximate surface area is 181 Å². The first-order valence-electron chi connectivity index (χ1n) is 10.3. The summed E-state index contributed by atoms with van der Waals surface area (Å²) in [6, 6.07) is 7.58. The lowest BCUT2D eigenvalue weighted by molar-refractivity contribution is -0.158. The number of Topliss-reactive ketones (excluding diaryl/α,β-unsaturated/α-hetero) is 1. The van der Waals surface area contributed by atoms with Gasteiger partial charge in [-0.3, -0.25) is 9.59 Å². The molecule has 1 aliphatic carbocycles. The summed E-state index contributed by atoms with van der Waals surface area (Å²) in [5.41, 5.74) is 1.36. The van der Waals surface area contributed by atoms with E-state index in [4.69, 9.17) is 16.3 Å². The van der Waals surface area contributed by atoms with E-state index in [9.17, 15) is 9.59 Å².